The first kappa shape index (κ1) is 16.0. The Morgan fingerprint density at radius 3 is 2.16 bits per heavy atom. The lowest BCUT2D eigenvalue weighted by Gasteiger charge is -2.36. The number of nitrogens with one attached hydrogen (secondary N) is 1. The zero-order valence-electron chi connectivity index (χ0n) is 12.4. The summed E-state index contributed by atoms with van der Waals surface area (Å²) >= 11 is 0. The molecule has 0 aromatic carbocycles. The Bertz CT molecular complexity index is 319. The average Bonchev–Trinajstić information content (AvgIpc) is 2.28. The van der Waals surface area contributed by atoms with Crippen LogP contribution in [0.5, 0.6) is 0 Å². The Hall–Kier alpha value is -1.06. The predicted molar refractivity (Wildman–Crippen MR) is 74.8 cm³/mol. The summed E-state index contributed by atoms with van der Waals surface area (Å²) in [6.07, 6.45) is 5.45. The summed E-state index contributed by atoms with van der Waals surface area (Å²) in [5.41, 5.74) is -0.315. The van der Waals surface area contributed by atoms with E-state index in [4.69, 9.17) is 5.11 Å². The number of rotatable bonds is 6. The molecule has 0 radical (unpaired) electrons. The molecule has 1 fully saturated rings. The first-order valence-electron chi connectivity index (χ1n) is 7.36. The van der Waals surface area contributed by atoms with E-state index in [9.17, 15) is 9.59 Å². The van der Waals surface area contributed by atoms with E-state index in [1.807, 2.05) is 6.92 Å². The van der Waals surface area contributed by atoms with Crippen LogP contribution >= 0.6 is 0 Å². The van der Waals surface area contributed by atoms with E-state index < -0.39 is 5.97 Å². The number of carbonyl (C=O) groups excluding carboxylic acids is 1. The van der Waals surface area contributed by atoms with Gasteiger partial charge in [0.25, 0.3) is 0 Å². The number of carbonyl (C=O) groups is 2. The minimum absolute atomic E-state index is 0.00403. The van der Waals surface area contributed by atoms with Crippen LogP contribution in [0.4, 0.5) is 0 Å². The Balaban J connectivity index is 2.61. The number of aliphatic carboxylic acids is 1. The van der Waals surface area contributed by atoms with Crippen LogP contribution in [0.2, 0.25) is 0 Å². The third-order valence-electron chi connectivity index (χ3n) is 4.36. The lowest BCUT2D eigenvalue weighted by Crippen LogP contribution is -2.40. The van der Waals surface area contributed by atoms with Crippen molar-refractivity contribution in [3.8, 4) is 0 Å². The van der Waals surface area contributed by atoms with Gasteiger partial charge in [-0.05, 0) is 31.1 Å². The molecule has 0 heterocycles. The van der Waals surface area contributed by atoms with E-state index in [-0.39, 0.29) is 23.8 Å². The highest BCUT2D eigenvalue weighted by Crippen LogP contribution is 2.42. The van der Waals surface area contributed by atoms with Gasteiger partial charge in [0.1, 0.15) is 0 Å². The monoisotopic (exact) mass is 269 g/mol. The van der Waals surface area contributed by atoms with E-state index in [1.54, 1.807) is 0 Å². The molecular formula is C15H27NO3. The topological polar surface area (TPSA) is 66.4 Å². The molecular weight excluding hydrogens is 242 g/mol. The molecule has 0 aromatic heterocycles. The fraction of sp³-hybridized carbons (Fsp3) is 0.867. The van der Waals surface area contributed by atoms with Crippen LogP contribution in [-0.2, 0) is 9.59 Å². The molecule has 1 amide bonds. The van der Waals surface area contributed by atoms with Crippen molar-refractivity contribution in [3.05, 3.63) is 0 Å². The van der Waals surface area contributed by atoms with Gasteiger partial charge in [-0.25, -0.2) is 0 Å². The second-order valence-corrected chi connectivity index (χ2v) is 6.41. The smallest absolute Gasteiger partial charge is 0.303 e. The minimum Gasteiger partial charge on any atom is -0.481 e. The first-order chi connectivity index (χ1) is 8.84. The Morgan fingerprint density at radius 2 is 1.68 bits per heavy atom. The Labute approximate surface area is 116 Å². The molecule has 4 nitrogen and oxygen atoms in total. The summed E-state index contributed by atoms with van der Waals surface area (Å²) in [6.45, 7) is 6.13. The molecule has 1 saturated carbocycles. The second-order valence-electron chi connectivity index (χ2n) is 6.41. The molecule has 2 N–H and O–H groups in total. The van der Waals surface area contributed by atoms with E-state index in [1.165, 1.54) is 0 Å². The van der Waals surface area contributed by atoms with Crippen molar-refractivity contribution in [2.75, 3.05) is 0 Å². The van der Waals surface area contributed by atoms with Gasteiger partial charge in [0.2, 0.25) is 5.91 Å². The Kier molecular flexibility index (Phi) is 5.83. The second kappa shape index (κ2) is 6.92. The zero-order valence-corrected chi connectivity index (χ0v) is 12.4. The summed E-state index contributed by atoms with van der Waals surface area (Å²) in [4.78, 5) is 23.2. The summed E-state index contributed by atoms with van der Waals surface area (Å²) in [6, 6.07) is 0.137. The Morgan fingerprint density at radius 1 is 1.11 bits per heavy atom. The summed E-state index contributed by atoms with van der Waals surface area (Å²) in [7, 11) is 0. The van der Waals surface area contributed by atoms with Gasteiger partial charge in [-0.2, -0.15) is 0 Å². The molecule has 1 atom stereocenters. The number of hydrogen-bond donors (Lipinski definition) is 2. The van der Waals surface area contributed by atoms with Gasteiger partial charge in [-0.15, -0.1) is 0 Å². The number of carboxylic acids is 1. The van der Waals surface area contributed by atoms with Crippen molar-refractivity contribution in [2.24, 2.45) is 11.3 Å². The van der Waals surface area contributed by atoms with Gasteiger partial charge in [0.05, 0.1) is 6.42 Å². The van der Waals surface area contributed by atoms with E-state index >= 15 is 0 Å². The van der Waals surface area contributed by atoms with Crippen molar-refractivity contribution < 1.29 is 14.7 Å². The van der Waals surface area contributed by atoms with Gasteiger partial charge in [-0.3, -0.25) is 9.59 Å². The third-order valence-corrected chi connectivity index (χ3v) is 4.36. The van der Waals surface area contributed by atoms with Crippen LogP contribution in [0.1, 0.15) is 65.7 Å². The normalized spacial score (nSPS) is 20.0. The van der Waals surface area contributed by atoms with Crippen molar-refractivity contribution >= 4 is 11.9 Å². The van der Waals surface area contributed by atoms with Crippen LogP contribution in [0.15, 0.2) is 0 Å². The SMILES string of the molecule is CC(C)C(C)NC(=O)CC1(CC(=O)O)CCCCC1. The highest BCUT2D eigenvalue weighted by Gasteiger charge is 2.36. The lowest BCUT2D eigenvalue weighted by atomic mass is 9.69. The summed E-state index contributed by atoms with van der Waals surface area (Å²) in [5, 5.41) is 12.1. The number of hydrogen-bond acceptors (Lipinski definition) is 2. The van der Waals surface area contributed by atoms with Gasteiger partial charge >= 0.3 is 5.97 Å². The molecule has 1 aliphatic carbocycles. The van der Waals surface area contributed by atoms with E-state index in [0.29, 0.717) is 12.3 Å². The van der Waals surface area contributed by atoms with Crippen molar-refractivity contribution in [2.45, 2.75) is 71.8 Å². The molecule has 0 bridgehead atoms. The molecule has 19 heavy (non-hydrogen) atoms. The molecule has 0 aliphatic heterocycles. The molecule has 1 rings (SSSR count). The van der Waals surface area contributed by atoms with Crippen LogP contribution in [0.25, 0.3) is 0 Å². The maximum absolute atomic E-state index is 12.1. The van der Waals surface area contributed by atoms with Crippen molar-refractivity contribution in [1.29, 1.82) is 0 Å². The quantitative estimate of drug-likeness (QED) is 0.779. The van der Waals surface area contributed by atoms with Gasteiger partial charge in [-0.1, -0.05) is 33.1 Å². The molecule has 1 aliphatic rings. The van der Waals surface area contributed by atoms with Gasteiger partial charge in [0, 0.05) is 12.5 Å². The first-order valence-corrected chi connectivity index (χ1v) is 7.36. The maximum Gasteiger partial charge on any atom is 0.303 e. The summed E-state index contributed by atoms with van der Waals surface area (Å²) < 4.78 is 0. The molecule has 110 valence electrons. The predicted octanol–water partition coefficient (Wildman–Crippen LogP) is 2.96. The number of carboxylic acid groups (broad SMARTS) is 1. The van der Waals surface area contributed by atoms with Crippen LogP contribution in [-0.4, -0.2) is 23.0 Å². The van der Waals surface area contributed by atoms with Crippen LogP contribution in [0.3, 0.4) is 0 Å². The maximum atomic E-state index is 12.1. The zero-order chi connectivity index (χ0) is 14.5. The fourth-order valence-electron chi connectivity index (χ4n) is 2.85. The van der Waals surface area contributed by atoms with Crippen molar-refractivity contribution in [1.82, 2.24) is 5.32 Å². The molecule has 0 spiro atoms. The largest absolute Gasteiger partial charge is 0.481 e. The molecule has 4 heteroatoms. The molecule has 1 unspecified atom stereocenters. The average molecular weight is 269 g/mol. The van der Waals surface area contributed by atoms with Crippen LogP contribution < -0.4 is 5.32 Å². The van der Waals surface area contributed by atoms with E-state index in [2.05, 4.69) is 19.2 Å². The highest BCUT2D eigenvalue weighted by atomic mass is 16.4. The number of amides is 1. The highest BCUT2D eigenvalue weighted by molar-refractivity contribution is 5.78. The third kappa shape index (κ3) is 5.21. The summed E-state index contributed by atoms with van der Waals surface area (Å²) in [5.74, 6) is -0.387. The molecule has 0 saturated heterocycles. The van der Waals surface area contributed by atoms with Crippen molar-refractivity contribution in [3.63, 3.8) is 0 Å². The van der Waals surface area contributed by atoms with Gasteiger partial charge in [0.15, 0.2) is 0 Å². The molecule has 0 aromatic rings. The fourth-order valence-corrected chi connectivity index (χ4v) is 2.85. The van der Waals surface area contributed by atoms with Crippen LogP contribution in [0, 0.1) is 11.3 Å². The minimum atomic E-state index is -0.786. The van der Waals surface area contributed by atoms with Gasteiger partial charge < -0.3 is 10.4 Å². The van der Waals surface area contributed by atoms with E-state index in [0.717, 1.165) is 32.1 Å². The standard InChI is InChI=1S/C15H27NO3/c1-11(2)12(3)16-13(17)9-15(10-14(18)19)7-5-4-6-8-15/h11-12H,4-10H2,1-3H3,(H,16,17)(H,18,19). The lowest BCUT2D eigenvalue weighted by molar-refractivity contribution is -0.141.